The Bertz CT molecular complexity index is 767. The zero-order valence-electron chi connectivity index (χ0n) is 18.4. The van der Waals surface area contributed by atoms with Gasteiger partial charge in [0.1, 0.15) is 5.75 Å². The van der Waals surface area contributed by atoms with Crippen molar-refractivity contribution < 1.29 is 14.2 Å². The number of hydrogen-bond acceptors (Lipinski definition) is 4. The van der Waals surface area contributed by atoms with E-state index in [4.69, 9.17) is 14.2 Å². The first kappa shape index (κ1) is 25.9. The highest BCUT2D eigenvalue weighted by atomic mass is 127. The lowest BCUT2D eigenvalue weighted by Crippen LogP contribution is -2.38. The van der Waals surface area contributed by atoms with Gasteiger partial charge >= 0.3 is 0 Å². The van der Waals surface area contributed by atoms with Crippen molar-refractivity contribution in [1.29, 1.82) is 0 Å². The van der Waals surface area contributed by atoms with Crippen molar-refractivity contribution >= 4 is 29.9 Å². The monoisotopic (exact) mass is 527 g/mol. The number of hydrogen-bond donors (Lipinski definition) is 2. The standard InChI is InChI=1S/C23H33N3O3.HI/c1-5-24-23(26-16-14-18-8-11-20(27-2)12-9-18)25-15-6-7-19-10-13-21(28-3)22(17-19)29-4;/h8-13,17H,5-7,14-16H2,1-4H3,(H2,24,25,26);1H. The molecule has 0 unspecified atom stereocenters. The summed E-state index contributed by atoms with van der Waals surface area (Å²) >= 11 is 0. The van der Waals surface area contributed by atoms with Gasteiger partial charge in [0.05, 0.1) is 21.3 Å². The molecule has 0 saturated carbocycles. The summed E-state index contributed by atoms with van der Waals surface area (Å²) in [5.74, 6) is 3.26. The van der Waals surface area contributed by atoms with Crippen molar-refractivity contribution in [1.82, 2.24) is 10.6 Å². The highest BCUT2D eigenvalue weighted by Gasteiger charge is 2.04. The van der Waals surface area contributed by atoms with Crippen molar-refractivity contribution in [2.75, 3.05) is 41.0 Å². The largest absolute Gasteiger partial charge is 0.497 e. The zero-order chi connectivity index (χ0) is 20.9. The highest BCUT2D eigenvalue weighted by Crippen LogP contribution is 2.27. The van der Waals surface area contributed by atoms with Crippen LogP contribution in [0.5, 0.6) is 17.2 Å². The van der Waals surface area contributed by atoms with Crippen LogP contribution in [0.2, 0.25) is 0 Å². The van der Waals surface area contributed by atoms with E-state index in [9.17, 15) is 0 Å². The summed E-state index contributed by atoms with van der Waals surface area (Å²) < 4.78 is 15.9. The molecule has 2 aromatic carbocycles. The Balaban J connectivity index is 0.00000450. The van der Waals surface area contributed by atoms with Crippen molar-refractivity contribution in [3.63, 3.8) is 0 Å². The third kappa shape index (κ3) is 8.69. The Morgan fingerprint density at radius 3 is 2.17 bits per heavy atom. The predicted octanol–water partition coefficient (Wildman–Crippen LogP) is 4.06. The smallest absolute Gasteiger partial charge is 0.191 e. The molecule has 0 spiro atoms. The maximum absolute atomic E-state index is 5.37. The minimum absolute atomic E-state index is 0. The lowest BCUT2D eigenvalue weighted by Gasteiger charge is -2.12. The first-order valence-corrected chi connectivity index (χ1v) is 10.1. The molecule has 6 nitrogen and oxygen atoms in total. The number of nitrogens with zero attached hydrogens (tertiary/aromatic N) is 1. The van der Waals surface area contributed by atoms with Crippen LogP contribution < -0.4 is 24.8 Å². The van der Waals surface area contributed by atoms with Crippen molar-refractivity contribution in [3.8, 4) is 17.2 Å². The van der Waals surface area contributed by atoms with Crippen LogP contribution in [0.3, 0.4) is 0 Å². The van der Waals surface area contributed by atoms with E-state index < -0.39 is 0 Å². The minimum atomic E-state index is 0. The van der Waals surface area contributed by atoms with E-state index in [1.54, 1.807) is 21.3 Å². The third-order valence-electron chi connectivity index (χ3n) is 4.55. The van der Waals surface area contributed by atoms with Gasteiger partial charge in [-0.3, -0.25) is 4.99 Å². The summed E-state index contributed by atoms with van der Waals surface area (Å²) in [6.45, 7) is 4.49. The molecule has 0 saturated heterocycles. The average molecular weight is 527 g/mol. The van der Waals surface area contributed by atoms with E-state index in [0.717, 1.165) is 62.1 Å². The molecule has 0 aliphatic carbocycles. The molecule has 0 fully saturated rings. The Morgan fingerprint density at radius 1 is 0.833 bits per heavy atom. The lowest BCUT2D eigenvalue weighted by atomic mass is 10.1. The molecule has 30 heavy (non-hydrogen) atoms. The first-order valence-electron chi connectivity index (χ1n) is 10.1. The second-order valence-corrected chi connectivity index (χ2v) is 6.58. The second kappa shape index (κ2) is 14.8. The van der Waals surface area contributed by atoms with Crippen LogP contribution in [0.15, 0.2) is 47.5 Å². The van der Waals surface area contributed by atoms with Crippen LogP contribution in [-0.4, -0.2) is 46.9 Å². The van der Waals surface area contributed by atoms with Crippen molar-refractivity contribution in [2.24, 2.45) is 4.99 Å². The number of halogens is 1. The van der Waals surface area contributed by atoms with Crippen LogP contribution in [0.4, 0.5) is 0 Å². The molecule has 0 aliphatic heterocycles. The van der Waals surface area contributed by atoms with Crippen LogP contribution in [0.1, 0.15) is 24.5 Å². The summed E-state index contributed by atoms with van der Waals surface area (Å²) in [6, 6.07) is 14.2. The Labute approximate surface area is 197 Å². The third-order valence-corrected chi connectivity index (χ3v) is 4.55. The molecule has 0 heterocycles. The van der Waals surface area contributed by atoms with Gasteiger partial charge in [0.2, 0.25) is 0 Å². The molecule has 0 atom stereocenters. The molecule has 0 radical (unpaired) electrons. The number of benzene rings is 2. The Morgan fingerprint density at radius 2 is 1.53 bits per heavy atom. The van der Waals surface area contributed by atoms with Crippen LogP contribution in [-0.2, 0) is 12.8 Å². The zero-order valence-corrected chi connectivity index (χ0v) is 20.7. The van der Waals surface area contributed by atoms with E-state index in [0.29, 0.717) is 0 Å². The van der Waals surface area contributed by atoms with Gasteiger partial charge in [-0.25, -0.2) is 0 Å². The summed E-state index contributed by atoms with van der Waals surface area (Å²) in [5, 5.41) is 6.70. The number of aryl methyl sites for hydroxylation is 1. The number of nitrogens with one attached hydrogen (secondary N) is 2. The van der Waals surface area contributed by atoms with E-state index in [1.807, 2.05) is 24.3 Å². The van der Waals surface area contributed by atoms with E-state index in [2.05, 4.69) is 40.7 Å². The Hall–Kier alpha value is -2.16. The molecular weight excluding hydrogens is 493 g/mol. The van der Waals surface area contributed by atoms with Gasteiger partial charge in [-0.2, -0.15) is 0 Å². The fraction of sp³-hybridized carbons (Fsp3) is 0.435. The van der Waals surface area contributed by atoms with Gasteiger partial charge in [-0.05, 0) is 61.6 Å². The second-order valence-electron chi connectivity index (χ2n) is 6.58. The summed E-state index contributed by atoms with van der Waals surface area (Å²) in [6.07, 6.45) is 2.83. The predicted molar refractivity (Wildman–Crippen MR) is 134 cm³/mol. The van der Waals surface area contributed by atoms with Gasteiger partial charge in [0, 0.05) is 19.6 Å². The molecule has 7 heteroatoms. The fourth-order valence-corrected chi connectivity index (χ4v) is 2.97. The molecular formula is C23H34IN3O3. The quantitative estimate of drug-likeness (QED) is 0.200. The molecule has 166 valence electrons. The van der Waals surface area contributed by atoms with Crippen molar-refractivity contribution in [2.45, 2.75) is 26.2 Å². The molecule has 0 aliphatic rings. The maximum atomic E-state index is 5.37. The fourth-order valence-electron chi connectivity index (χ4n) is 2.97. The van der Waals surface area contributed by atoms with E-state index in [1.165, 1.54) is 11.1 Å². The van der Waals surface area contributed by atoms with Gasteiger partial charge in [0.25, 0.3) is 0 Å². The maximum Gasteiger partial charge on any atom is 0.191 e. The summed E-state index contributed by atoms with van der Waals surface area (Å²) in [7, 11) is 4.99. The van der Waals surface area contributed by atoms with Crippen LogP contribution in [0, 0.1) is 0 Å². The molecule has 0 bridgehead atoms. The highest BCUT2D eigenvalue weighted by molar-refractivity contribution is 14.0. The number of guanidine groups is 1. The van der Waals surface area contributed by atoms with Crippen molar-refractivity contribution in [3.05, 3.63) is 53.6 Å². The van der Waals surface area contributed by atoms with Crippen LogP contribution in [0.25, 0.3) is 0 Å². The molecule has 0 amide bonds. The number of methoxy groups -OCH3 is 3. The molecule has 0 aromatic heterocycles. The summed E-state index contributed by atoms with van der Waals surface area (Å²) in [5.41, 5.74) is 2.48. The van der Waals surface area contributed by atoms with Crippen LogP contribution >= 0.6 is 24.0 Å². The molecule has 2 N–H and O–H groups in total. The lowest BCUT2D eigenvalue weighted by molar-refractivity contribution is 0.354. The first-order chi connectivity index (χ1) is 14.2. The molecule has 2 rings (SSSR count). The SMILES string of the molecule is CCNC(=NCCCc1ccc(OC)c(OC)c1)NCCc1ccc(OC)cc1.I. The number of ether oxygens (including phenoxy) is 3. The number of aliphatic imine (C=N–C) groups is 1. The number of rotatable bonds is 11. The van der Waals surface area contributed by atoms with Gasteiger partial charge in [-0.1, -0.05) is 18.2 Å². The minimum Gasteiger partial charge on any atom is -0.497 e. The van der Waals surface area contributed by atoms with E-state index >= 15 is 0 Å². The van der Waals surface area contributed by atoms with Gasteiger partial charge < -0.3 is 24.8 Å². The summed E-state index contributed by atoms with van der Waals surface area (Å²) in [4.78, 5) is 4.68. The normalized spacial score (nSPS) is 10.7. The average Bonchev–Trinajstić information content (AvgIpc) is 2.76. The van der Waals surface area contributed by atoms with Gasteiger partial charge in [-0.15, -0.1) is 24.0 Å². The molecule has 2 aromatic rings. The topological polar surface area (TPSA) is 64.1 Å². The Kier molecular flexibility index (Phi) is 12.7. The van der Waals surface area contributed by atoms with Gasteiger partial charge in [0.15, 0.2) is 17.5 Å². The van der Waals surface area contributed by atoms with E-state index in [-0.39, 0.29) is 24.0 Å².